The number of thiocarbonyl (C=S) groups is 1. The molecular weight excluding hydrogens is 310 g/mol. The standard InChI is InChI=1S/C13H17N3O3S2/c14-11(20)13(6-1-7-13)12(17)16-8-9-2-4-10(5-3-9)21(15,18)19/h2-5H,1,6-8H2,(H2,14,20)(H,16,17)(H2,15,18,19). The molecule has 1 amide bonds. The molecule has 0 aliphatic heterocycles. The number of hydrogen-bond acceptors (Lipinski definition) is 4. The lowest BCUT2D eigenvalue weighted by molar-refractivity contribution is -0.131. The maximum absolute atomic E-state index is 12.2. The van der Waals surface area contributed by atoms with Crippen LogP contribution in [0.2, 0.25) is 0 Å². The fraction of sp³-hybridized carbons (Fsp3) is 0.385. The van der Waals surface area contributed by atoms with Crippen LogP contribution in [0.25, 0.3) is 0 Å². The molecule has 8 heteroatoms. The highest BCUT2D eigenvalue weighted by molar-refractivity contribution is 7.89. The summed E-state index contributed by atoms with van der Waals surface area (Å²) in [4.78, 5) is 12.5. The van der Waals surface area contributed by atoms with E-state index in [-0.39, 0.29) is 22.3 Å². The van der Waals surface area contributed by atoms with Gasteiger partial charge in [-0.15, -0.1) is 0 Å². The number of sulfonamides is 1. The molecule has 21 heavy (non-hydrogen) atoms. The zero-order chi connectivity index (χ0) is 15.7. The van der Waals surface area contributed by atoms with E-state index in [9.17, 15) is 13.2 Å². The van der Waals surface area contributed by atoms with Crippen molar-refractivity contribution < 1.29 is 13.2 Å². The molecule has 2 rings (SSSR count). The van der Waals surface area contributed by atoms with Gasteiger partial charge in [-0.1, -0.05) is 30.8 Å². The van der Waals surface area contributed by atoms with Crippen molar-refractivity contribution in [3.8, 4) is 0 Å². The van der Waals surface area contributed by atoms with Gasteiger partial charge in [-0.3, -0.25) is 4.79 Å². The molecule has 5 N–H and O–H groups in total. The second-order valence-electron chi connectivity index (χ2n) is 5.17. The highest BCUT2D eigenvalue weighted by Gasteiger charge is 2.46. The molecule has 0 bridgehead atoms. The van der Waals surface area contributed by atoms with Crippen LogP contribution < -0.4 is 16.2 Å². The minimum Gasteiger partial charge on any atom is -0.392 e. The molecule has 0 aromatic heterocycles. The second-order valence-corrected chi connectivity index (χ2v) is 7.17. The number of nitrogens with one attached hydrogen (secondary N) is 1. The van der Waals surface area contributed by atoms with E-state index in [1.165, 1.54) is 12.1 Å². The van der Waals surface area contributed by atoms with Gasteiger partial charge in [-0.25, -0.2) is 13.6 Å². The summed E-state index contributed by atoms with van der Waals surface area (Å²) in [6.07, 6.45) is 2.30. The summed E-state index contributed by atoms with van der Waals surface area (Å²) < 4.78 is 22.3. The Bertz CT molecular complexity index is 664. The summed E-state index contributed by atoms with van der Waals surface area (Å²) in [6.45, 7) is 0.286. The first-order valence-corrected chi connectivity index (χ1v) is 8.41. The van der Waals surface area contributed by atoms with Crippen LogP contribution in [-0.4, -0.2) is 19.3 Å². The summed E-state index contributed by atoms with van der Waals surface area (Å²) in [5.41, 5.74) is 5.72. The molecule has 0 unspecified atom stereocenters. The van der Waals surface area contributed by atoms with Gasteiger partial charge in [0, 0.05) is 6.54 Å². The minimum absolute atomic E-state index is 0.0381. The third-order valence-corrected chi connectivity index (χ3v) is 5.14. The van der Waals surface area contributed by atoms with Crippen molar-refractivity contribution in [2.24, 2.45) is 16.3 Å². The molecule has 0 heterocycles. The van der Waals surface area contributed by atoms with Crippen LogP contribution in [0.15, 0.2) is 29.2 Å². The molecule has 1 fully saturated rings. The van der Waals surface area contributed by atoms with Crippen molar-refractivity contribution in [1.29, 1.82) is 0 Å². The Morgan fingerprint density at radius 2 is 1.86 bits per heavy atom. The highest BCUT2D eigenvalue weighted by atomic mass is 32.2. The number of carbonyl (C=O) groups excluding carboxylic acids is 1. The number of primary sulfonamides is 1. The van der Waals surface area contributed by atoms with Crippen molar-refractivity contribution in [3.05, 3.63) is 29.8 Å². The molecule has 0 atom stereocenters. The minimum atomic E-state index is -3.70. The molecule has 1 saturated carbocycles. The van der Waals surface area contributed by atoms with Crippen LogP contribution in [0, 0.1) is 5.41 Å². The van der Waals surface area contributed by atoms with E-state index in [2.05, 4.69) is 5.32 Å². The Morgan fingerprint density at radius 3 is 2.24 bits per heavy atom. The van der Waals surface area contributed by atoms with E-state index in [0.717, 1.165) is 12.0 Å². The number of amides is 1. The van der Waals surface area contributed by atoms with Crippen molar-refractivity contribution in [2.75, 3.05) is 0 Å². The monoisotopic (exact) mass is 327 g/mol. The predicted octanol–water partition coefficient (Wildman–Crippen LogP) is 0.407. The van der Waals surface area contributed by atoms with E-state index < -0.39 is 15.4 Å². The van der Waals surface area contributed by atoms with Crippen LogP contribution in [0.3, 0.4) is 0 Å². The molecule has 6 nitrogen and oxygen atoms in total. The average Bonchev–Trinajstić information content (AvgIpc) is 2.34. The van der Waals surface area contributed by atoms with Crippen LogP contribution >= 0.6 is 12.2 Å². The first kappa shape index (κ1) is 15.9. The van der Waals surface area contributed by atoms with Gasteiger partial charge in [-0.05, 0) is 30.5 Å². The average molecular weight is 327 g/mol. The lowest BCUT2D eigenvalue weighted by Gasteiger charge is -2.39. The van der Waals surface area contributed by atoms with Crippen molar-refractivity contribution in [1.82, 2.24) is 5.32 Å². The Hall–Kier alpha value is -1.51. The zero-order valence-corrected chi connectivity index (χ0v) is 13.0. The first-order chi connectivity index (χ1) is 9.75. The largest absolute Gasteiger partial charge is 0.392 e. The summed E-state index contributed by atoms with van der Waals surface area (Å²) in [7, 11) is -3.70. The molecule has 114 valence electrons. The molecule has 0 radical (unpaired) electrons. The zero-order valence-electron chi connectivity index (χ0n) is 11.3. The number of nitrogens with two attached hydrogens (primary N) is 2. The summed E-state index contributed by atoms with van der Waals surface area (Å²) in [5, 5.41) is 7.81. The Morgan fingerprint density at radius 1 is 1.29 bits per heavy atom. The number of hydrogen-bond donors (Lipinski definition) is 3. The van der Waals surface area contributed by atoms with Gasteiger partial charge in [0.25, 0.3) is 0 Å². The molecule has 1 aromatic rings. The summed E-state index contributed by atoms with van der Waals surface area (Å²) in [5.74, 6) is -0.170. The highest BCUT2D eigenvalue weighted by Crippen LogP contribution is 2.41. The van der Waals surface area contributed by atoms with Gasteiger partial charge >= 0.3 is 0 Å². The van der Waals surface area contributed by atoms with Crippen LogP contribution in [-0.2, 0) is 21.4 Å². The predicted molar refractivity (Wildman–Crippen MR) is 82.7 cm³/mol. The fourth-order valence-corrected chi connectivity index (χ4v) is 3.08. The number of carbonyl (C=O) groups is 1. The molecule has 0 saturated heterocycles. The fourth-order valence-electron chi connectivity index (χ4n) is 2.26. The van der Waals surface area contributed by atoms with E-state index in [0.29, 0.717) is 12.8 Å². The van der Waals surface area contributed by atoms with Crippen LogP contribution in [0.4, 0.5) is 0 Å². The lowest BCUT2D eigenvalue weighted by atomic mass is 9.68. The molecule has 1 aliphatic carbocycles. The van der Waals surface area contributed by atoms with Gasteiger partial charge in [0.1, 0.15) is 0 Å². The normalized spacial score (nSPS) is 16.8. The molecular formula is C13H17N3O3S2. The SMILES string of the molecule is NC(=S)C1(C(=O)NCc2ccc(S(N)(=O)=O)cc2)CCC1. The van der Waals surface area contributed by atoms with Crippen molar-refractivity contribution >= 4 is 33.1 Å². The van der Waals surface area contributed by atoms with E-state index >= 15 is 0 Å². The quantitative estimate of drug-likeness (QED) is 0.677. The van der Waals surface area contributed by atoms with Gasteiger partial charge in [0.2, 0.25) is 15.9 Å². The Balaban J connectivity index is 2.00. The summed E-state index contributed by atoms with van der Waals surface area (Å²) >= 11 is 4.98. The topological polar surface area (TPSA) is 115 Å². The van der Waals surface area contributed by atoms with Gasteiger partial charge in [-0.2, -0.15) is 0 Å². The van der Waals surface area contributed by atoms with Gasteiger partial charge in [0.05, 0.1) is 15.3 Å². The van der Waals surface area contributed by atoms with Gasteiger partial charge in [0.15, 0.2) is 0 Å². The lowest BCUT2D eigenvalue weighted by Crippen LogP contribution is -2.52. The summed E-state index contributed by atoms with van der Waals surface area (Å²) in [6, 6.07) is 6.02. The maximum atomic E-state index is 12.2. The van der Waals surface area contributed by atoms with E-state index in [1.807, 2.05) is 0 Å². The van der Waals surface area contributed by atoms with Crippen LogP contribution in [0.5, 0.6) is 0 Å². The third kappa shape index (κ3) is 3.22. The number of benzene rings is 1. The Kier molecular flexibility index (Phi) is 4.31. The first-order valence-electron chi connectivity index (χ1n) is 6.46. The molecule has 1 aliphatic rings. The van der Waals surface area contributed by atoms with Crippen molar-refractivity contribution in [3.63, 3.8) is 0 Å². The van der Waals surface area contributed by atoms with Crippen LogP contribution in [0.1, 0.15) is 24.8 Å². The third-order valence-electron chi connectivity index (χ3n) is 3.82. The molecule has 1 aromatic carbocycles. The Labute approximate surface area is 128 Å². The molecule has 0 spiro atoms. The van der Waals surface area contributed by atoms with Gasteiger partial charge < -0.3 is 11.1 Å². The maximum Gasteiger partial charge on any atom is 0.238 e. The smallest absolute Gasteiger partial charge is 0.238 e. The van der Waals surface area contributed by atoms with E-state index in [1.54, 1.807) is 12.1 Å². The van der Waals surface area contributed by atoms with Crippen molar-refractivity contribution in [2.45, 2.75) is 30.7 Å². The second kappa shape index (κ2) is 5.70. The number of rotatable bonds is 5. The van der Waals surface area contributed by atoms with E-state index in [4.69, 9.17) is 23.1 Å².